The van der Waals surface area contributed by atoms with E-state index in [1.165, 1.54) is 12.1 Å². The minimum atomic E-state index is -0.542. The molecule has 0 radical (unpaired) electrons. The lowest BCUT2D eigenvalue weighted by atomic mass is 10.00. The molecule has 2 rings (SSSR count). The van der Waals surface area contributed by atoms with Crippen molar-refractivity contribution in [2.45, 2.75) is 32.0 Å². The van der Waals surface area contributed by atoms with Crippen LogP contribution in [0.25, 0.3) is 0 Å². The maximum absolute atomic E-state index is 12.9. The molecule has 1 aromatic carbocycles. The third-order valence-corrected chi connectivity index (χ3v) is 3.62. The second-order valence-corrected chi connectivity index (χ2v) is 5.51. The van der Waals surface area contributed by atoms with Crippen LogP contribution in [0.3, 0.4) is 0 Å². The summed E-state index contributed by atoms with van der Waals surface area (Å²) in [6, 6.07) is 6.55. The van der Waals surface area contributed by atoms with Crippen LogP contribution in [0.5, 0.6) is 0 Å². The summed E-state index contributed by atoms with van der Waals surface area (Å²) in [5.74, 6) is -0.389. The monoisotopic (exact) mass is 280 g/mol. The van der Waals surface area contributed by atoms with Gasteiger partial charge in [0, 0.05) is 19.6 Å². The van der Waals surface area contributed by atoms with Gasteiger partial charge < -0.3 is 10.5 Å². The molecule has 0 unspecified atom stereocenters. The van der Waals surface area contributed by atoms with Crippen LogP contribution in [0.1, 0.15) is 25.3 Å². The fourth-order valence-corrected chi connectivity index (χ4v) is 2.63. The zero-order chi connectivity index (χ0) is 14.7. The van der Waals surface area contributed by atoms with Crippen molar-refractivity contribution >= 4 is 5.91 Å². The van der Waals surface area contributed by atoms with E-state index in [9.17, 15) is 9.18 Å². The van der Waals surface area contributed by atoms with Gasteiger partial charge in [0.25, 0.3) is 0 Å². The normalized spacial score (nSPS) is 25.4. The number of rotatable bonds is 4. The van der Waals surface area contributed by atoms with Crippen LogP contribution in [0.2, 0.25) is 0 Å². The summed E-state index contributed by atoms with van der Waals surface area (Å²) in [5, 5.41) is 0. The van der Waals surface area contributed by atoms with Crippen molar-refractivity contribution < 1.29 is 13.9 Å². The predicted molar refractivity (Wildman–Crippen MR) is 74.8 cm³/mol. The number of nitrogens with zero attached hydrogens (tertiary/aromatic N) is 1. The molecule has 0 aliphatic carbocycles. The van der Waals surface area contributed by atoms with Gasteiger partial charge in [0.15, 0.2) is 0 Å². The Morgan fingerprint density at radius 2 is 2.10 bits per heavy atom. The number of ether oxygens (including phenoxy) is 1. The summed E-state index contributed by atoms with van der Waals surface area (Å²) in [4.78, 5) is 13.4. The number of carbonyl (C=O) groups is 1. The molecule has 1 amide bonds. The molecule has 20 heavy (non-hydrogen) atoms. The molecule has 0 spiro atoms. The molecule has 1 aliphatic heterocycles. The minimum Gasteiger partial charge on any atom is -0.367 e. The lowest BCUT2D eigenvalue weighted by Crippen LogP contribution is -2.52. The second-order valence-electron chi connectivity index (χ2n) is 5.51. The van der Waals surface area contributed by atoms with Crippen molar-refractivity contribution in [2.24, 2.45) is 5.73 Å². The Bertz CT molecular complexity index is 463. The number of hydrogen-bond acceptors (Lipinski definition) is 3. The number of hydrogen-bond donors (Lipinski definition) is 1. The van der Waals surface area contributed by atoms with E-state index in [-0.39, 0.29) is 17.8 Å². The van der Waals surface area contributed by atoms with Gasteiger partial charge in [-0.25, -0.2) is 4.39 Å². The molecule has 5 heteroatoms. The second kappa shape index (κ2) is 6.33. The highest BCUT2D eigenvalue weighted by Crippen LogP contribution is 2.20. The molecular formula is C15H21FN2O2. The van der Waals surface area contributed by atoms with Crippen LogP contribution in [0.4, 0.5) is 4.39 Å². The van der Waals surface area contributed by atoms with Gasteiger partial charge in [0.1, 0.15) is 11.9 Å². The fraction of sp³-hybridized carbons (Fsp3) is 0.533. The van der Waals surface area contributed by atoms with E-state index in [4.69, 9.17) is 10.5 Å². The van der Waals surface area contributed by atoms with Crippen molar-refractivity contribution in [3.05, 3.63) is 35.6 Å². The van der Waals surface area contributed by atoms with E-state index >= 15 is 0 Å². The first-order valence-corrected chi connectivity index (χ1v) is 6.88. The number of nitrogens with two attached hydrogens (primary N) is 1. The van der Waals surface area contributed by atoms with E-state index in [1.807, 2.05) is 6.92 Å². The number of morpholine rings is 1. The number of primary amides is 1. The summed E-state index contributed by atoms with van der Waals surface area (Å²) in [6.45, 7) is 6.11. The van der Waals surface area contributed by atoms with E-state index in [1.54, 1.807) is 12.1 Å². The summed E-state index contributed by atoms with van der Waals surface area (Å²) in [7, 11) is 0. The molecule has 1 aromatic rings. The van der Waals surface area contributed by atoms with Gasteiger partial charge in [0.2, 0.25) is 5.91 Å². The highest BCUT2D eigenvalue weighted by molar-refractivity contribution is 5.79. The fourth-order valence-electron chi connectivity index (χ4n) is 2.63. The molecule has 1 saturated heterocycles. The van der Waals surface area contributed by atoms with Crippen molar-refractivity contribution in [1.29, 1.82) is 0 Å². The van der Waals surface area contributed by atoms with Gasteiger partial charge in [-0.15, -0.1) is 0 Å². The third kappa shape index (κ3) is 3.77. The maximum Gasteiger partial charge on any atom is 0.247 e. The first-order chi connectivity index (χ1) is 9.45. The number of carbonyl (C=O) groups excluding carboxylic acids is 1. The van der Waals surface area contributed by atoms with Crippen LogP contribution < -0.4 is 5.73 Å². The molecule has 1 heterocycles. The van der Waals surface area contributed by atoms with E-state index < -0.39 is 12.0 Å². The Morgan fingerprint density at radius 1 is 1.45 bits per heavy atom. The van der Waals surface area contributed by atoms with E-state index in [0.717, 1.165) is 18.7 Å². The molecule has 3 atom stereocenters. The topological polar surface area (TPSA) is 55.6 Å². The maximum atomic E-state index is 12.9. The average Bonchev–Trinajstić information content (AvgIpc) is 2.38. The van der Waals surface area contributed by atoms with Crippen molar-refractivity contribution in [1.82, 2.24) is 4.90 Å². The van der Waals surface area contributed by atoms with Gasteiger partial charge in [-0.05, 0) is 30.5 Å². The van der Waals surface area contributed by atoms with Crippen LogP contribution >= 0.6 is 0 Å². The van der Waals surface area contributed by atoms with Crippen molar-refractivity contribution in [3.63, 3.8) is 0 Å². The molecule has 1 fully saturated rings. The van der Waals surface area contributed by atoms with Gasteiger partial charge in [-0.1, -0.05) is 19.1 Å². The summed E-state index contributed by atoms with van der Waals surface area (Å²) in [5.41, 5.74) is 6.40. The molecule has 2 N–H and O–H groups in total. The van der Waals surface area contributed by atoms with Crippen LogP contribution in [0.15, 0.2) is 24.3 Å². The molecular weight excluding hydrogens is 259 g/mol. The largest absolute Gasteiger partial charge is 0.367 e. The lowest BCUT2D eigenvalue weighted by Gasteiger charge is -2.36. The highest BCUT2D eigenvalue weighted by Gasteiger charge is 2.29. The summed E-state index contributed by atoms with van der Waals surface area (Å²) in [6.07, 6.45) is -0.555. The summed E-state index contributed by atoms with van der Waals surface area (Å²) >= 11 is 0. The van der Waals surface area contributed by atoms with E-state index in [2.05, 4.69) is 11.8 Å². The van der Waals surface area contributed by atoms with Crippen LogP contribution in [-0.2, 0) is 9.53 Å². The quantitative estimate of drug-likeness (QED) is 0.909. The Morgan fingerprint density at radius 3 is 2.70 bits per heavy atom. The van der Waals surface area contributed by atoms with Gasteiger partial charge in [0.05, 0.1) is 6.10 Å². The lowest BCUT2D eigenvalue weighted by molar-refractivity contribution is -0.142. The first-order valence-electron chi connectivity index (χ1n) is 6.88. The van der Waals surface area contributed by atoms with E-state index in [0.29, 0.717) is 6.54 Å². The SMILES string of the molecule is C[C@@H]1CN(C[C@@H](C)c2ccc(F)cc2)C[C@@H](C(N)=O)O1. The molecule has 4 nitrogen and oxygen atoms in total. The molecule has 110 valence electrons. The first kappa shape index (κ1) is 14.9. The zero-order valence-electron chi connectivity index (χ0n) is 11.9. The Kier molecular flexibility index (Phi) is 4.73. The number of halogens is 1. The molecule has 0 aromatic heterocycles. The molecule has 0 saturated carbocycles. The molecule has 0 bridgehead atoms. The van der Waals surface area contributed by atoms with Gasteiger partial charge >= 0.3 is 0 Å². The van der Waals surface area contributed by atoms with Crippen molar-refractivity contribution in [3.8, 4) is 0 Å². The third-order valence-electron chi connectivity index (χ3n) is 3.62. The standard InChI is InChI=1S/C15H21FN2O2/c1-10(12-3-5-13(16)6-4-12)7-18-8-11(2)20-14(9-18)15(17)19/h3-6,10-11,14H,7-9H2,1-2H3,(H2,17,19)/t10-,11-,14+/m1/s1. The van der Waals surface area contributed by atoms with Crippen LogP contribution in [0, 0.1) is 5.82 Å². The summed E-state index contributed by atoms with van der Waals surface area (Å²) < 4.78 is 18.4. The minimum absolute atomic E-state index is 0.0123. The predicted octanol–water partition coefficient (Wildman–Crippen LogP) is 1.50. The molecule has 1 aliphatic rings. The number of benzene rings is 1. The van der Waals surface area contributed by atoms with Crippen molar-refractivity contribution in [2.75, 3.05) is 19.6 Å². The Labute approximate surface area is 118 Å². The Balaban J connectivity index is 1.97. The van der Waals surface area contributed by atoms with Gasteiger partial charge in [-0.2, -0.15) is 0 Å². The number of amides is 1. The zero-order valence-corrected chi connectivity index (χ0v) is 11.9. The smallest absolute Gasteiger partial charge is 0.247 e. The van der Waals surface area contributed by atoms with Crippen LogP contribution in [-0.4, -0.2) is 42.6 Å². The Hall–Kier alpha value is -1.46. The highest BCUT2D eigenvalue weighted by atomic mass is 19.1. The average molecular weight is 280 g/mol. The van der Waals surface area contributed by atoms with Gasteiger partial charge in [-0.3, -0.25) is 9.69 Å².